The van der Waals surface area contributed by atoms with Gasteiger partial charge in [0, 0.05) is 18.3 Å². The monoisotopic (exact) mass is 375 g/mol. The quantitative estimate of drug-likeness (QED) is 0.451. The highest BCUT2D eigenvalue weighted by atomic mass is 16.5. The smallest absolute Gasteiger partial charge is 0.331 e. The third kappa shape index (κ3) is 4.98. The summed E-state index contributed by atoms with van der Waals surface area (Å²) in [4.78, 5) is 16.8. The zero-order valence-corrected chi connectivity index (χ0v) is 15.7. The number of nitrogens with zero attached hydrogens (tertiary/aromatic N) is 1. The van der Waals surface area contributed by atoms with E-state index in [1.54, 1.807) is 44.7 Å². The first kappa shape index (κ1) is 19.2. The van der Waals surface area contributed by atoms with Crippen LogP contribution in [-0.4, -0.2) is 25.2 Å². The average Bonchev–Trinajstić information content (AvgIpc) is 2.77. The van der Waals surface area contributed by atoms with Crippen LogP contribution in [0.25, 0.3) is 6.08 Å². The maximum Gasteiger partial charge on any atom is 0.331 e. The first-order chi connectivity index (χ1) is 13.7. The lowest BCUT2D eigenvalue weighted by molar-refractivity contribution is -0.141. The summed E-state index contributed by atoms with van der Waals surface area (Å²) >= 11 is 0. The van der Waals surface area contributed by atoms with Gasteiger partial charge in [-0.05, 0) is 41.5 Å². The Balaban J connectivity index is 1.80. The van der Waals surface area contributed by atoms with E-state index in [2.05, 4.69) is 4.98 Å². The van der Waals surface area contributed by atoms with Gasteiger partial charge in [0.15, 0.2) is 6.10 Å². The molecule has 1 unspecified atom stereocenters. The number of carbonyl (C=O) groups is 1. The fraction of sp³-hybridized carbons (Fsp3) is 0.130. The van der Waals surface area contributed by atoms with Crippen LogP contribution in [0, 0.1) is 0 Å². The molecule has 28 heavy (non-hydrogen) atoms. The lowest BCUT2D eigenvalue weighted by Gasteiger charge is -2.17. The highest BCUT2D eigenvalue weighted by Crippen LogP contribution is 2.26. The van der Waals surface area contributed by atoms with Gasteiger partial charge in [-0.15, -0.1) is 0 Å². The van der Waals surface area contributed by atoms with E-state index in [-0.39, 0.29) is 0 Å². The molecule has 0 saturated carbocycles. The number of aromatic nitrogens is 1. The fourth-order valence-electron chi connectivity index (χ4n) is 2.70. The molecule has 2 aromatic carbocycles. The zero-order valence-electron chi connectivity index (χ0n) is 15.7. The molecule has 0 fully saturated rings. The van der Waals surface area contributed by atoms with Crippen LogP contribution in [0.4, 0.5) is 0 Å². The predicted octanol–water partition coefficient (Wildman–Crippen LogP) is 4.44. The van der Waals surface area contributed by atoms with Crippen molar-refractivity contribution in [1.82, 2.24) is 4.98 Å². The summed E-state index contributed by atoms with van der Waals surface area (Å²) in [5, 5.41) is 0. The van der Waals surface area contributed by atoms with Crippen molar-refractivity contribution in [2.75, 3.05) is 14.2 Å². The van der Waals surface area contributed by atoms with Crippen LogP contribution in [-0.2, 0) is 9.53 Å². The molecule has 3 rings (SSSR count). The van der Waals surface area contributed by atoms with Gasteiger partial charge in [-0.2, -0.15) is 0 Å². The van der Waals surface area contributed by atoms with E-state index in [1.807, 2.05) is 48.5 Å². The van der Waals surface area contributed by atoms with Crippen molar-refractivity contribution in [3.8, 4) is 11.5 Å². The summed E-state index contributed by atoms with van der Waals surface area (Å²) in [6, 6.07) is 20.4. The van der Waals surface area contributed by atoms with Crippen LogP contribution in [0.15, 0.2) is 79.0 Å². The van der Waals surface area contributed by atoms with Crippen molar-refractivity contribution in [3.05, 3.63) is 95.8 Å². The number of benzene rings is 2. The number of hydrogen-bond acceptors (Lipinski definition) is 5. The second-order valence-electron chi connectivity index (χ2n) is 5.96. The zero-order chi connectivity index (χ0) is 19.8. The molecule has 0 spiro atoms. The van der Waals surface area contributed by atoms with Gasteiger partial charge in [0.25, 0.3) is 0 Å². The number of esters is 1. The van der Waals surface area contributed by atoms with E-state index in [0.29, 0.717) is 17.2 Å². The molecule has 0 aliphatic rings. The van der Waals surface area contributed by atoms with E-state index < -0.39 is 12.1 Å². The van der Waals surface area contributed by atoms with Crippen LogP contribution in [0.2, 0.25) is 0 Å². The third-order valence-corrected chi connectivity index (χ3v) is 4.08. The molecule has 0 amide bonds. The molecule has 0 aliphatic carbocycles. The summed E-state index contributed by atoms with van der Waals surface area (Å²) < 4.78 is 16.2. The summed E-state index contributed by atoms with van der Waals surface area (Å²) in [5.41, 5.74) is 2.28. The highest BCUT2D eigenvalue weighted by molar-refractivity contribution is 5.87. The van der Waals surface area contributed by atoms with Gasteiger partial charge in [-0.3, -0.25) is 4.98 Å². The second kappa shape index (κ2) is 9.37. The third-order valence-electron chi connectivity index (χ3n) is 4.08. The molecule has 0 N–H and O–H groups in total. The molecular formula is C23H21NO4. The summed E-state index contributed by atoms with van der Waals surface area (Å²) in [6.45, 7) is 0. The number of carbonyl (C=O) groups excluding carboxylic acids is 1. The van der Waals surface area contributed by atoms with E-state index in [0.717, 1.165) is 11.1 Å². The normalized spacial score (nSPS) is 11.8. The summed E-state index contributed by atoms with van der Waals surface area (Å²) in [7, 11) is 3.15. The Morgan fingerprint density at radius 2 is 1.61 bits per heavy atom. The van der Waals surface area contributed by atoms with Gasteiger partial charge < -0.3 is 14.2 Å². The average molecular weight is 375 g/mol. The topological polar surface area (TPSA) is 57.7 Å². The second-order valence-corrected chi connectivity index (χ2v) is 5.96. The predicted molar refractivity (Wildman–Crippen MR) is 107 cm³/mol. The lowest BCUT2D eigenvalue weighted by atomic mass is 10.1. The van der Waals surface area contributed by atoms with Gasteiger partial charge in [-0.25, -0.2) is 4.79 Å². The number of methoxy groups -OCH3 is 2. The molecule has 1 aromatic heterocycles. The molecule has 0 aliphatic heterocycles. The van der Waals surface area contributed by atoms with Gasteiger partial charge in [0.2, 0.25) is 0 Å². The molecular weight excluding hydrogens is 354 g/mol. The Hall–Kier alpha value is -3.60. The molecule has 5 heteroatoms. The van der Waals surface area contributed by atoms with Crippen LogP contribution < -0.4 is 9.47 Å². The number of hydrogen-bond donors (Lipinski definition) is 0. The SMILES string of the molecule is COc1cc(/C=C/C(=O)OC(c2ccccc2)c2ccccn2)cc(OC)c1. The Labute approximate surface area is 164 Å². The molecule has 1 atom stereocenters. The van der Waals surface area contributed by atoms with Gasteiger partial charge >= 0.3 is 5.97 Å². The number of ether oxygens (including phenoxy) is 3. The Morgan fingerprint density at radius 1 is 0.929 bits per heavy atom. The molecule has 1 heterocycles. The first-order valence-corrected chi connectivity index (χ1v) is 8.77. The van der Waals surface area contributed by atoms with E-state index in [1.165, 1.54) is 6.08 Å². The molecule has 0 saturated heterocycles. The molecule has 142 valence electrons. The lowest BCUT2D eigenvalue weighted by Crippen LogP contribution is -2.12. The van der Waals surface area contributed by atoms with Crippen LogP contribution in [0.1, 0.15) is 22.9 Å². The molecule has 0 radical (unpaired) electrons. The van der Waals surface area contributed by atoms with Gasteiger partial charge in [-0.1, -0.05) is 36.4 Å². The van der Waals surface area contributed by atoms with E-state index in [4.69, 9.17) is 14.2 Å². The largest absolute Gasteiger partial charge is 0.497 e. The first-order valence-electron chi connectivity index (χ1n) is 8.77. The van der Waals surface area contributed by atoms with E-state index in [9.17, 15) is 4.79 Å². The van der Waals surface area contributed by atoms with Crippen LogP contribution >= 0.6 is 0 Å². The van der Waals surface area contributed by atoms with Crippen molar-refractivity contribution in [3.63, 3.8) is 0 Å². The Kier molecular flexibility index (Phi) is 6.41. The van der Waals surface area contributed by atoms with Gasteiger partial charge in [0.1, 0.15) is 11.5 Å². The van der Waals surface area contributed by atoms with Crippen molar-refractivity contribution >= 4 is 12.0 Å². The fourth-order valence-corrected chi connectivity index (χ4v) is 2.70. The van der Waals surface area contributed by atoms with Crippen LogP contribution in [0.3, 0.4) is 0 Å². The standard InChI is InChI=1S/C23H21NO4/c1-26-19-14-17(15-20(16-19)27-2)11-12-22(25)28-23(18-8-4-3-5-9-18)21-10-6-7-13-24-21/h3-16,23H,1-2H3/b12-11+. The number of rotatable bonds is 7. The molecule has 5 nitrogen and oxygen atoms in total. The van der Waals surface area contributed by atoms with Crippen molar-refractivity contribution in [2.45, 2.75) is 6.10 Å². The molecule has 3 aromatic rings. The minimum absolute atomic E-state index is 0.471. The van der Waals surface area contributed by atoms with Crippen molar-refractivity contribution < 1.29 is 19.0 Å². The Morgan fingerprint density at radius 3 is 2.21 bits per heavy atom. The minimum Gasteiger partial charge on any atom is -0.497 e. The van der Waals surface area contributed by atoms with E-state index >= 15 is 0 Å². The van der Waals surface area contributed by atoms with Gasteiger partial charge in [0.05, 0.1) is 19.9 Å². The Bertz CT molecular complexity index is 878. The minimum atomic E-state index is -0.584. The maximum atomic E-state index is 12.5. The number of pyridine rings is 1. The maximum absolute atomic E-state index is 12.5. The van der Waals surface area contributed by atoms with Crippen LogP contribution in [0.5, 0.6) is 11.5 Å². The summed E-state index contributed by atoms with van der Waals surface area (Å²) in [5.74, 6) is 0.812. The highest BCUT2D eigenvalue weighted by Gasteiger charge is 2.18. The summed E-state index contributed by atoms with van der Waals surface area (Å²) in [6.07, 6.45) is 4.14. The molecule has 0 bridgehead atoms. The van der Waals surface area contributed by atoms with Crippen molar-refractivity contribution in [1.29, 1.82) is 0 Å². The van der Waals surface area contributed by atoms with Crippen molar-refractivity contribution in [2.24, 2.45) is 0 Å².